The third-order valence-electron chi connectivity index (χ3n) is 3.32. The number of aromatic nitrogens is 3. The van der Waals surface area contributed by atoms with Crippen molar-refractivity contribution in [3.05, 3.63) is 54.1 Å². The summed E-state index contributed by atoms with van der Waals surface area (Å²) in [6.45, 7) is 0. The number of pyridine rings is 1. The lowest BCUT2D eigenvalue weighted by Gasteiger charge is -2.04. The van der Waals surface area contributed by atoms with Crippen molar-refractivity contribution in [3.63, 3.8) is 0 Å². The molecule has 3 rings (SSSR count). The number of anilines is 1. The second kappa shape index (κ2) is 4.72. The first-order chi connectivity index (χ1) is 9.28. The van der Waals surface area contributed by atoms with Gasteiger partial charge in [-0.15, -0.1) is 0 Å². The quantitative estimate of drug-likeness (QED) is 0.779. The van der Waals surface area contributed by atoms with Crippen molar-refractivity contribution in [1.29, 1.82) is 0 Å². The highest BCUT2D eigenvalue weighted by molar-refractivity contribution is 5.75. The molecular formula is C15H16N4. The van der Waals surface area contributed by atoms with Crippen LogP contribution in [0.25, 0.3) is 11.0 Å². The van der Waals surface area contributed by atoms with Gasteiger partial charge in [-0.25, -0.2) is 4.98 Å². The Kier molecular flexibility index (Phi) is 2.91. The first-order valence-electron chi connectivity index (χ1n) is 6.31. The summed E-state index contributed by atoms with van der Waals surface area (Å²) >= 11 is 0. The highest BCUT2D eigenvalue weighted by Gasteiger charge is 2.08. The fraction of sp³-hybridized carbons (Fsp3) is 0.200. The molecule has 2 heterocycles. The Morgan fingerprint density at radius 2 is 2.05 bits per heavy atom. The van der Waals surface area contributed by atoms with E-state index < -0.39 is 0 Å². The molecule has 0 unspecified atom stereocenters. The molecule has 96 valence electrons. The van der Waals surface area contributed by atoms with Gasteiger partial charge in [0.2, 0.25) is 0 Å². The van der Waals surface area contributed by atoms with Gasteiger partial charge in [-0.05, 0) is 24.3 Å². The highest BCUT2D eigenvalue weighted by Crippen LogP contribution is 2.17. The first kappa shape index (κ1) is 11.7. The third kappa shape index (κ3) is 2.17. The number of hydrogen-bond donors (Lipinski definition) is 1. The van der Waals surface area contributed by atoms with Crippen molar-refractivity contribution < 1.29 is 0 Å². The minimum absolute atomic E-state index is 0.737. The number of rotatable bonds is 3. The number of imidazole rings is 1. The molecule has 0 aliphatic heterocycles. The Morgan fingerprint density at radius 3 is 2.84 bits per heavy atom. The summed E-state index contributed by atoms with van der Waals surface area (Å²) < 4.78 is 2.13. The van der Waals surface area contributed by atoms with Gasteiger partial charge in [-0.1, -0.05) is 12.1 Å². The summed E-state index contributed by atoms with van der Waals surface area (Å²) in [4.78, 5) is 9.07. The van der Waals surface area contributed by atoms with Crippen molar-refractivity contribution in [1.82, 2.24) is 14.5 Å². The molecule has 0 amide bonds. The maximum atomic E-state index is 4.67. The maximum Gasteiger partial charge on any atom is 0.115 e. The van der Waals surface area contributed by atoms with Crippen molar-refractivity contribution in [2.24, 2.45) is 7.05 Å². The Morgan fingerprint density at radius 1 is 1.21 bits per heavy atom. The summed E-state index contributed by atoms with van der Waals surface area (Å²) in [5, 5.41) is 3.13. The van der Waals surface area contributed by atoms with Gasteiger partial charge in [0, 0.05) is 38.1 Å². The molecule has 0 aliphatic rings. The zero-order chi connectivity index (χ0) is 13.2. The van der Waals surface area contributed by atoms with E-state index in [1.54, 1.807) is 0 Å². The lowest BCUT2D eigenvalue weighted by Crippen LogP contribution is -2.01. The van der Waals surface area contributed by atoms with Crippen LogP contribution in [0.15, 0.2) is 42.6 Å². The number of nitrogens with zero attached hydrogens (tertiary/aromatic N) is 3. The summed E-state index contributed by atoms with van der Waals surface area (Å²) in [5.41, 5.74) is 4.28. The molecule has 0 bridgehead atoms. The number of para-hydroxylation sites is 2. The molecular weight excluding hydrogens is 236 g/mol. The topological polar surface area (TPSA) is 42.7 Å². The average Bonchev–Trinajstić information content (AvgIpc) is 2.76. The zero-order valence-corrected chi connectivity index (χ0v) is 11.1. The fourth-order valence-electron chi connectivity index (χ4n) is 2.25. The lowest BCUT2D eigenvalue weighted by molar-refractivity contribution is 0.832. The van der Waals surface area contributed by atoms with E-state index in [1.807, 2.05) is 44.6 Å². The van der Waals surface area contributed by atoms with E-state index in [-0.39, 0.29) is 0 Å². The van der Waals surface area contributed by atoms with Crippen LogP contribution in [-0.4, -0.2) is 21.6 Å². The second-order valence-corrected chi connectivity index (χ2v) is 4.54. The lowest BCUT2D eigenvalue weighted by atomic mass is 10.2. The Hall–Kier alpha value is -2.36. The molecule has 4 nitrogen and oxygen atoms in total. The Labute approximate surface area is 112 Å². The standard InChI is InChI=1S/C15H16N4/c1-16-11-7-8-17-12(9-11)10-15-18-13-5-3-4-6-14(13)19(15)2/h3-9H,10H2,1-2H3,(H,16,17). The molecule has 4 heteroatoms. The molecule has 19 heavy (non-hydrogen) atoms. The highest BCUT2D eigenvalue weighted by atomic mass is 15.1. The van der Waals surface area contributed by atoms with Crippen LogP contribution < -0.4 is 5.32 Å². The molecule has 1 aromatic carbocycles. The second-order valence-electron chi connectivity index (χ2n) is 4.54. The number of aryl methyl sites for hydroxylation is 1. The summed E-state index contributed by atoms with van der Waals surface area (Å²) in [6.07, 6.45) is 2.56. The predicted molar refractivity (Wildman–Crippen MR) is 77.3 cm³/mol. The van der Waals surface area contributed by atoms with Gasteiger partial charge in [-0.2, -0.15) is 0 Å². The monoisotopic (exact) mass is 252 g/mol. The van der Waals surface area contributed by atoms with Gasteiger partial charge in [-0.3, -0.25) is 4.98 Å². The molecule has 0 saturated heterocycles. The maximum absolute atomic E-state index is 4.67. The van der Waals surface area contributed by atoms with Crippen molar-refractivity contribution in [2.45, 2.75) is 6.42 Å². The van der Waals surface area contributed by atoms with Crippen LogP contribution in [0.3, 0.4) is 0 Å². The number of benzene rings is 1. The third-order valence-corrected chi connectivity index (χ3v) is 3.32. The van der Waals surface area contributed by atoms with Crippen LogP contribution in [0, 0.1) is 0 Å². The van der Waals surface area contributed by atoms with Crippen LogP contribution in [0.5, 0.6) is 0 Å². The van der Waals surface area contributed by atoms with E-state index in [4.69, 9.17) is 0 Å². The van der Waals surface area contributed by atoms with Gasteiger partial charge in [0.05, 0.1) is 11.0 Å². The normalized spacial score (nSPS) is 10.8. The Bertz CT molecular complexity index is 715. The molecule has 0 aliphatic carbocycles. The smallest absolute Gasteiger partial charge is 0.115 e. The van der Waals surface area contributed by atoms with Gasteiger partial charge in [0.25, 0.3) is 0 Å². The van der Waals surface area contributed by atoms with Crippen LogP contribution in [0.4, 0.5) is 5.69 Å². The molecule has 0 saturated carbocycles. The van der Waals surface area contributed by atoms with Crippen LogP contribution >= 0.6 is 0 Å². The molecule has 0 atom stereocenters. The van der Waals surface area contributed by atoms with E-state index in [9.17, 15) is 0 Å². The largest absolute Gasteiger partial charge is 0.388 e. The summed E-state index contributed by atoms with van der Waals surface area (Å²) in [5.74, 6) is 1.03. The number of hydrogen-bond acceptors (Lipinski definition) is 3. The number of fused-ring (bicyclic) bond motifs is 1. The van der Waals surface area contributed by atoms with Crippen molar-refractivity contribution in [2.75, 3.05) is 12.4 Å². The Balaban J connectivity index is 1.98. The molecule has 0 radical (unpaired) electrons. The van der Waals surface area contributed by atoms with Crippen molar-refractivity contribution >= 4 is 16.7 Å². The van der Waals surface area contributed by atoms with Gasteiger partial charge in [0.15, 0.2) is 0 Å². The summed E-state index contributed by atoms with van der Waals surface area (Å²) in [7, 11) is 3.96. The van der Waals surface area contributed by atoms with E-state index in [0.29, 0.717) is 0 Å². The van der Waals surface area contributed by atoms with E-state index in [1.165, 1.54) is 0 Å². The van der Waals surface area contributed by atoms with Gasteiger partial charge >= 0.3 is 0 Å². The SMILES string of the molecule is CNc1ccnc(Cc2nc3ccccc3n2C)c1. The van der Waals surface area contributed by atoms with Gasteiger partial charge < -0.3 is 9.88 Å². The van der Waals surface area contributed by atoms with E-state index in [2.05, 4.69) is 32.0 Å². The minimum Gasteiger partial charge on any atom is -0.388 e. The molecule has 1 N–H and O–H groups in total. The molecule has 0 fully saturated rings. The van der Waals surface area contributed by atoms with E-state index >= 15 is 0 Å². The average molecular weight is 252 g/mol. The van der Waals surface area contributed by atoms with Crippen LogP contribution in [-0.2, 0) is 13.5 Å². The fourth-order valence-corrected chi connectivity index (χ4v) is 2.25. The predicted octanol–water partition coefficient (Wildman–Crippen LogP) is 2.60. The first-order valence-corrected chi connectivity index (χ1v) is 6.31. The zero-order valence-electron chi connectivity index (χ0n) is 11.1. The summed E-state index contributed by atoms with van der Waals surface area (Å²) in [6, 6.07) is 12.2. The van der Waals surface area contributed by atoms with Crippen LogP contribution in [0.2, 0.25) is 0 Å². The molecule has 0 spiro atoms. The van der Waals surface area contributed by atoms with Crippen LogP contribution in [0.1, 0.15) is 11.5 Å². The minimum atomic E-state index is 0.737. The molecule has 3 aromatic rings. The van der Waals surface area contributed by atoms with E-state index in [0.717, 1.165) is 34.7 Å². The van der Waals surface area contributed by atoms with Crippen molar-refractivity contribution in [3.8, 4) is 0 Å². The molecule has 2 aromatic heterocycles. The number of nitrogens with one attached hydrogen (secondary N) is 1. The van der Waals surface area contributed by atoms with Gasteiger partial charge in [0.1, 0.15) is 5.82 Å².